The molecule has 0 saturated carbocycles. The number of carbonyl (C=O) groups is 3. The van der Waals surface area contributed by atoms with Crippen LogP contribution in [0.15, 0.2) is 60.8 Å². The lowest BCUT2D eigenvalue weighted by Crippen LogP contribution is -2.43. The van der Waals surface area contributed by atoms with Crippen LogP contribution in [-0.4, -0.2) is 64.9 Å². The third-order valence-corrected chi connectivity index (χ3v) is 9.46. The van der Waals surface area contributed by atoms with Gasteiger partial charge in [0.1, 0.15) is 12.7 Å². The molecule has 3 unspecified atom stereocenters. The van der Waals surface area contributed by atoms with Gasteiger partial charge in [-0.2, -0.15) is 0 Å². The first kappa shape index (κ1) is 52.2. The summed E-state index contributed by atoms with van der Waals surface area (Å²) in [5, 5.41) is 21.7. The van der Waals surface area contributed by atoms with E-state index in [0.29, 0.717) is 12.8 Å². The van der Waals surface area contributed by atoms with E-state index < -0.39 is 57.6 Å². The Morgan fingerprint density at radius 2 is 1.04 bits per heavy atom. The molecule has 0 aromatic rings. The van der Waals surface area contributed by atoms with Crippen molar-refractivity contribution in [2.45, 2.75) is 174 Å². The first-order chi connectivity index (χ1) is 26.6. The number of aliphatic carboxylic acids is 1. The van der Waals surface area contributed by atoms with Crippen molar-refractivity contribution in [1.29, 1.82) is 0 Å². The van der Waals surface area contributed by atoms with Gasteiger partial charge in [0.05, 0.1) is 13.2 Å². The van der Waals surface area contributed by atoms with Crippen molar-refractivity contribution >= 4 is 25.7 Å². The fourth-order valence-electron chi connectivity index (χ4n) is 5.24. The first-order valence-electron chi connectivity index (χ1n) is 20.8. The van der Waals surface area contributed by atoms with Gasteiger partial charge < -0.3 is 25.2 Å². The number of hydrogen-bond acceptors (Lipinski definition) is 8. The van der Waals surface area contributed by atoms with Crippen LogP contribution in [0.4, 0.5) is 0 Å². The van der Waals surface area contributed by atoms with Crippen molar-refractivity contribution in [1.82, 2.24) is 5.32 Å². The van der Waals surface area contributed by atoms with Crippen LogP contribution in [0.5, 0.6) is 0 Å². The van der Waals surface area contributed by atoms with Crippen molar-refractivity contribution in [2.24, 2.45) is 0 Å². The molecule has 0 fully saturated rings. The number of aliphatic hydroxyl groups is 1. The van der Waals surface area contributed by atoms with Gasteiger partial charge in [0.2, 0.25) is 5.91 Å². The maximum atomic E-state index is 12.2. The Hall–Kier alpha value is -2.82. The van der Waals surface area contributed by atoms with Gasteiger partial charge in [0.15, 0.2) is 6.04 Å². The molecule has 0 heterocycles. The Bertz CT molecular complexity index is 1170. The highest BCUT2D eigenvalue weighted by Gasteiger charge is 2.28. The molecule has 3 atom stereocenters. The number of carbonyl (C=O) groups excluding carboxylic acids is 2. The summed E-state index contributed by atoms with van der Waals surface area (Å²) >= 11 is 0. The summed E-state index contributed by atoms with van der Waals surface area (Å²) in [4.78, 5) is 45.7. The predicted molar refractivity (Wildman–Crippen MR) is 222 cm³/mol. The lowest BCUT2D eigenvalue weighted by molar-refractivity contribution is -0.147. The largest absolute Gasteiger partial charge is 0.480 e. The van der Waals surface area contributed by atoms with Crippen molar-refractivity contribution in [3.8, 4) is 0 Å². The Morgan fingerprint density at radius 3 is 1.58 bits per heavy atom. The second-order valence-electron chi connectivity index (χ2n) is 13.8. The molecule has 0 aromatic heterocycles. The van der Waals surface area contributed by atoms with Crippen molar-refractivity contribution in [3.05, 3.63) is 60.8 Å². The molecule has 12 heteroatoms. The lowest BCUT2D eigenvalue weighted by atomic mass is 10.1. The van der Waals surface area contributed by atoms with Crippen molar-refractivity contribution in [3.63, 3.8) is 0 Å². The van der Waals surface area contributed by atoms with Gasteiger partial charge in [0, 0.05) is 12.8 Å². The zero-order valence-corrected chi connectivity index (χ0v) is 34.9. The summed E-state index contributed by atoms with van der Waals surface area (Å²) < 4.78 is 26.7. The molecular formula is C43H74NO10P. The highest BCUT2D eigenvalue weighted by molar-refractivity contribution is 7.47. The normalized spacial score (nSPS) is 14.4. The summed E-state index contributed by atoms with van der Waals surface area (Å²) in [6, 6.07) is -1.55. The van der Waals surface area contributed by atoms with Gasteiger partial charge in [-0.1, -0.05) is 132 Å². The van der Waals surface area contributed by atoms with Crippen LogP contribution in [-0.2, 0) is 32.7 Å². The number of aliphatic hydroxyl groups excluding tert-OH is 1. The van der Waals surface area contributed by atoms with E-state index >= 15 is 0 Å². The zero-order chi connectivity index (χ0) is 40.7. The van der Waals surface area contributed by atoms with Gasteiger partial charge >= 0.3 is 19.8 Å². The van der Waals surface area contributed by atoms with E-state index in [1.165, 1.54) is 25.7 Å². The number of phosphoric ester groups is 1. The second kappa shape index (κ2) is 38.1. The number of esters is 1. The Labute approximate surface area is 332 Å². The molecule has 0 radical (unpaired) electrons. The van der Waals surface area contributed by atoms with Crippen LogP contribution in [0, 0.1) is 0 Å². The molecule has 55 heavy (non-hydrogen) atoms. The average molecular weight is 796 g/mol. The number of unbranched alkanes of at least 4 members (excludes halogenated alkanes) is 14. The first-order valence-corrected chi connectivity index (χ1v) is 22.3. The Morgan fingerprint density at radius 1 is 0.582 bits per heavy atom. The van der Waals surface area contributed by atoms with E-state index in [0.717, 1.165) is 96.3 Å². The SMILES string of the molecule is CCC/C=C\CCCCCCCC(=O)NC(COP(=O)(O)OCC(O)COC(=O)CCCCCCC/C=C\C/C=C\C/C=C\C/C=C\CCCCC)C(=O)O. The molecular weight excluding hydrogens is 721 g/mol. The lowest BCUT2D eigenvalue weighted by Gasteiger charge is -2.18. The molecule has 0 spiro atoms. The maximum absolute atomic E-state index is 12.2. The minimum absolute atomic E-state index is 0.131. The molecule has 11 nitrogen and oxygen atoms in total. The molecule has 316 valence electrons. The van der Waals surface area contributed by atoms with E-state index in [9.17, 15) is 34.1 Å². The number of phosphoric acid groups is 1. The molecule has 0 aliphatic carbocycles. The predicted octanol–water partition coefficient (Wildman–Crippen LogP) is 10.4. The number of amides is 1. The van der Waals surface area contributed by atoms with Crippen LogP contribution in [0.3, 0.4) is 0 Å². The summed E-state index contributed by atoms with van der Waals surface area (Å²) in [6.45, 7) is 2.44. The van der Waals surface area contributed by atoms with Crippen LogP contribution in [0.25, 0.3) is 0 Å². The highest BCUT2D eigenvalue weighted by atomic mass is 31.2. The van der Waals surface area contributed by atoms with Gasteiger partial charge in [-0.25, -0.2) is 9.36 Å². The minimum Gasteiger partial charge on any atom is -0.480 e. The van der Waals surface area contributed by atoms with Gasteiger partial charge in [-0.05, 0) is 77.0 Å². The number of rotatable bonds is 38. The molecule has 0 aliphatic heterocycles. The summed E-state index contributed by atoms with van der Waals surface area (Å²) in [6.07, 6.45) is 42.6. The standard InChI is InChI=1S/C43H74NO10P/c1-3-5-7-9-11-13-15-16-17-18-19-20-21-22-23-24-25-27-29-31-33-35-42(47)52-36-39(45)37-53-55(50,51)54-38-40(43(48)49)44-41(46)34-32-30-28-26-14-12-10-8-6-4-2/h8,10-11,13,16-17,19-20,22-23,39-40,45H,3-7,9,12,14-15,18,21,24-38H2,1-2H3,(H,44,46)(H,48,49)(H,50,51)/b10-8-,13-11-,17-16-,20-19-,23-22-. The highest BCUT2D eigenvalue weighted by Crippen LogP contribution is 2.43. The van der Waals surface area contributed by atoms with E-state index in [2.05, 4.69) is 79.9 Å². The van der Waals surface area contributed by atoms with Crippen molar-refractivity contribution in [2.75, 3.05) is 19.8 Å². The number of carboxylic acid groups (broad SMARTS) is 1. The van der Waals surface area contributed by atoms with Crippen LogP contribution < -0.4 is 5.32 Å². The van der Waals surface area contributed by atoms with E-state index in [1.54, 1.807) is 0 Å². The topological polar surface area (TPSA) is 169 Å². The monoisotopic (exact) mass is 796 g/mol. The van der Waals surface area contributed by atoms with E-state index in [1.807, 2.05) is 0 Å². The second-order valence-corrected chi connectivity index (χ2v) is 15.3. The Balaban J connectivity index is 3.93. The molecule has 0 aromatic carbocycles. The van der Waals surface area contributed by atoms with Gasteiger partial charge in [-0.15, -0.1) is 0 Å². The summed E-state index contributed by atoms with van der Waals surface area (Å²) in [5.74, 6) is -2.42. The van der Waals surface area contributed by atoms with Crippen LogP contribution in [0.2, 0.25) is 0 Å². The summed E-state index contributed by atoms with van der Waals surface area (Å²) in [5.41, 5.74) is 0. The van der Waals surface area contributed by atoms with E-state index in [4.69, 9.17) is 13.8 Å². The number of nitrogens with one attached hydrogen (secondary N) is 1. The zero-order valence-electron chi connectivity index (χ0n) is 34.0. The average Bonchev–Trinajstić information content (AvgIpc) is 3.16. The number of allylic oxidation sites excluding steroid dienone is 10. The van der Waals surface area contributed by atoms with Crippen LogP contribution in [0.1, 0.15) is 162 Å². The third kappa shape index (κ3) is 37.9. The van der Waals surface area contributed by atoms with Gasteiger partial charge in [-0.3, -0.25) is 18.6 Å². The maximum Gasteiger partial charge on any atom is 0.472 e. The fourth-order valence-corrected chi connectivity index (χ4v) is 6.01. The Kier molecular flexibility index (Phi) is 36.1. The van der Waals surface area contributed by atoms with Gasteiger partial charge in [0.25, 0.3) is 0 Å². The molecule has 0 bridgehead atoms. The molecule has 4 N–H and O–H groups in total. The molecule has 0 rings (SSSR count). The van der Waals surface area contributed by atoms with E-state index in [-0.39, 0.29) is 12.8 Å². The minimum atomic E-state index is -4.76. The molecule has 0 saturated heterocycles. The molecule has 1 amide bonds. The number of carboxylic acids is 1. The number of ether oxygens (including phenoxy) is 1. The van der Waals surface area contributed by atoms with Crippen LogP contribution >= 0.6 is 7.82 Å². The quantitative estimate of drug-likeness (QED) is 0.0204. The fraction of sp³-hybridized carbons (Fsp3) is 0.698. The smallest absolute Gasteiger partial charge is 0.472 e. The molecule has 0 aliphatic rings. The third-order valence-electron chi connectivity index (χ3n) is 8.51. The summed E-state index contributed by atoms with van der Waals surface area (Å²) in [7, 11) is -4.76. The number of hydrogen-bond donors (Lipinski definition) is 4. The van der Waals surface area contributed by atoms with Crippen molar-refractivity contribution < 1.29 is 47.8 Å².